The quantitative estimate of drug-likeness (QED) is 0.322. The van der Waals surface area contributed by atoms with E-state index in [1.807, 2.05) is 6.26 Å². The fourth-order valence-corrected chi connectivity index (χ4v) is 6.04. The summed E-state index contributed by atoms with van der Waals surface area (Å²) in [4.78, 5) is 40.2. The molecule has 2 fully saturated rings. The fourth-order valence-electron chi connectivity index (χ4n) is 4.20. The number of nitrogens with two attached hydrogens (primary N) is 1. The molecule has 0 spiro atoms. The van der Waals surface area contributed by atoms with Crippen molar-refractivity contribution in [1.29, 1.82) is 0 Å². The molecule has 14 heteroatoms. The van der Waals surface area contributed by atoms with Crippen molar-refractivity contribution in [2.24, 2.45) is 23.5 Å². The lowest BCUT2D eigenvalue weighted by molar-refractivity contribution is -0.150. The molecule has 0 radical (unpaired) electrons. The van der Waals surface area contributed by atoms with Gasteiger partial charge in [-0.3, -0.25) is 14.7 Å². The maximum Gasteiger partial charge on any atom is 0.329 e. The molecule has 2 aliphatic carbocycles. The van der Waals surface area contributed by atoms with Gasteiger partial charge in [0.25, 0.3) is 0 Å². The smallest absolute Gasteiger partial charge is 0.329 e. The maximum absolute atomic E-state index is 13.4. The van der Waals surface area contributed by atoms with Crippen molar-refractivity contribution >= 4 is 41.4 Å². The van der Waals surface area contributed by atoms with Gasteiger partial charge in [-0.1, -0.05) is 11.8 Å². The molecular weight excluding hydrogens is 456 g/mol. The van der Waals surface area contributed by atoms with Crippen LogP contribution in [0.15, 0.2) is 5.16 Å². The number of fused-ring (bicyclic) bond motifs is 1. The number of hydrogen-bond donors (Lipinski definition) is 5. The third kappa shape index (κ3) is 4.51. The fraction of sp³-hybridized carbons (Fsp3) is 0.706. The number of carboxylic acids is 2. The number of alkyl halides is 2. The monoisotopic (exact) mass is 479 g/mol. The molecule has 0 aliphatic heterocycles. The number of carbonyl (C=O) groups is 3. The molecule has 6 atom stereocenters. The summed E-state index contributed by atoms with van der Waals surface area (Å²) in [5, 5.41) is 27.2. The molecule has 3 rings (SSSR count). The molecule has 1 aromatic rings. The van der Waals surface area contributed by atoms with Crippen LogP contribution in [-0.4, -0.2) is 72.1 Å². The standard InChI is InChI=1S/C17H23F2N5O5S2/c1-16(18,19)13-21-15(24-23-13)31-7-5-17(14(28)29,10-8(7)9(10)12(26)27)22-11(25)6(20)3-4-30-2/h6-10H,3-5,20H2,1-2H3,(H,22,25)(H,26,27)(H,28,29)(H,21,23,24). The van der Waals surface area contributed by atoms with Crippen LogP contribution in [-0.2, 0) is 20.3 Å². The van der Waals surface area contributed by atoms with Crippen molar-refractivity contribution in [2.45, 2.75) is 47.7 Å². The van der Waals surface area contributed by atoms with Gasteiger partial charge in [0, 0.05) is 18.1 Å². The molecular formula is C17H23F2N5O5S2. The van der Waals surface area contributed by atoms with E-state index in [1.165, 1.54) is 11.8 Å². The van der Waals surface area contributed by atoms with Gasteiger partial charge in [0.2, 0.25) is 11.1 Å². The van der Waals surface area contributed by atoms with E-state index in [0.717, 1.165) is 11.8 Å². The summed E-state index contributed by atoms with van der Waals surface area (Å²) in [6, 6.07) is -0.932. The second kappa shape index (κ2) is 8.54. The molecule has 6 unspecified atom stereocenters. The number of aliphatic carboxylic acids is 2. The highest BCUT2D eigenvalue weighted by Gasteiger charge is 2.75. The van der Waals surface area contributed by atoms with E-state index >= 15 is 0 Å². The summed E-state index contributed by atoms with van der Waals surface area (Å²) < 4.78 is 26.8. The number of rotatable bonds is 10. The Morgan fingerprint density at radius 1 is 1.42 bits per heavy atom. The van der Waals surface area contributed by atoms with Crippen LogP contribution >= 0.6 is 23.5 Å². The van der Waals surface area contributed by atoms with Gasteiger partial charge >= 0.3 is 17.9 Å². The van der Waals surface area contributed by atoms with Gasteiger partial charge in [0.05, 0.1) is 12.0 Å². The van der Waals surface area contributed by atoms with Gasteiger partial charge in [-0.15, -0.1) is 5.10 Å². The van der Waals surface area contributed by atoms with E-state index in [0.29, 0.717) is 19.1 Å². The molecule has 6 N–H and O–H groups in total. The summed E-state index contributed by atoms with van der Waals surface area (Å²) in [7, 11) is 0. The second-order valence-electron chi connectivity index (χ2n) is 7.84. The number of H-pyrrole nitrogens is 1. The molecule has 2 saturated carbocycles. The zero-order valence-corrected chi connectivity index (χ0v) is 18.3. The number of carboxylic acid groups (broad SMARTS) is 2. The zero-order valence-electron chi connectivity index (χ0n) is 16.7. The summed E-state index contributed by atoms with van der Waals surface area (Å²) in [6.07, 6.45) is 2.08. The summed E-state index contributed by atoms with van der Waals surface area (Å²) in [5.74, 6) is -8.89. The molecule has 1 aromatic heterocycles. The number of nitrogens with one attached hydrogen (secondary N) is 2. The average molecular weight is 480 g/mol. The maximum atomic E-state index is 13.4. The van der Waals surface area contributed by atoms with Crippen LogP contribution in [0.5, 0.6) is 0 Å². The van der Waals surface area contributed by atoms with Crippen LogP contribution in [0.1, 0.15) is 25.6 Å². The Morgan fingerprint density at radius 3 is 2.61 bits per heavy atom. The normalized spacial score (nSPS) is 30.5. The van der Waals surface area contributed by atoms with Gasteiger partial charge in [-0.05, 0) is 30.8 Å². The third-order valence-corrected chi connectivity index (χ3v) is 7.54. The second-order valence-corrected chi connectivity index (χ2v) is 10.0. The van der Waals surface area contributed by atoms with Crippen molar-refractivity contribution < 1.29 is 33.4 Å². The molecule has 31 heavy (non-hydrogen) atoms. The average Bonchev–Trinajstić information content (AvgIpc) is 3.11. The minimum absolute atomic E-state index is 0.0412. The number of nitrogens with zero attached hydrogens (tertiary/aromatic N) is 2. The van der Waals surface area contributed by atoms with Crippen molar-refractivity contribution in [2.75, 3.05) is 12.0 Å². The predicted octanol–water partition coefficient (Wildman–Crippen LogP) is 0.748. The zero-order chi connectivity index (χ0) is 23.1. The highest BCUT2D eigenvalue weighted by molar-refractivity contribution is 7.99. The van der Waals surface area contributed by atoms with Crippen LogP contribution < -0.4 is 11.1 Å². The lowest BCUT2D eigenvalue weighted by Gasteiger charge is -2.31. The number of hydrogen-bond acceptors (Lipinski definition) is 8. The first-order chi connectivity index (χ1) is 14.4. The number of aromatic nitrogens is 3. The van der Waals surface area contributed by atoms with Crippen molar-refractivity contribution in [1.82, 2.24) is 20.5 Å². The molecule has 10 nitrogen and oxygen atoms in total. The number of halogens is 2. The highest BCUT2D eigenvalue weighted by atomic mass is 32.2. The van der Waals surface area contributed by atoms with Crippen LogP contribution in [0.3, 0.4) is 0 Å². The molecule has 1 heterocycles. The van der Waals surface area contributed by atoms with E-state index in [1.54, 1.807) is 0 Å². The molecule has 172 valence electrons. The first-order valence-corrected chi connectivity index (χ1v) is 11.7. The first-order valence-electron chi connectivity index (χ1n) is 9.42. The van der Waals surface area contributed by atoms with Crippen molar-refractivity contribution in [3.8, 4) is 0 Å². The Morgan fingerprint density at radius 2 is 2.10 bits per heavy atom. The van der Waals surface area contributed by atoms with Gasteiger partial charge in [-0.2, -0.15) is 20.5 Å². The first kappa shape index (κ1) is 23.7. The van der Waals surface area contributed by atoms with Gasteiger partial charge in [0.1, 0.15) is 5.54 Å². The minimum Gasteiger partial charge on any atom is -0.481 e. The number of amides is 1. The van der Waals surface area contributed by atoms with E-state index in [2.05, 4.69) is 20.5 Å². The van der Waals surface area contributed by atoms with E-state index in [9.17, 15) is 33.4 Å². The SMILES string of the molecule is CSCCC(N)C(=O)NC1(C(=O)O)CC(Sc2n[nH]c(C(C)(F)F)n2)C2C(C(=O)O)C21. The van der Waals surface area contributed by atoms with E-state index in [4.69, 9.17) is 5.73 Å². The van der Waals surface area contributed by atoms with Crippen LogP contribution in [0, 0.1) is 17.8 Å². The van der Waals surface area contributed by atoms with Gasteiger partial charge < -0.3 is 21.3 Å². The predicted molar refractivity (Wildman–Crippen MR) is 108 cm³/mol. The molecule has 0 saturated heterocycles. The lowest BCUT2D eigenvalue weighted by atomic mass is 9.89. The highest BCUT2D eigenvalue weighted by Crippen LogP contribution is 2.65. The molecule has 0 bridgehead atoms. The Labute approximate surface area is 184 Å². The summed E-state index contributed by atoms with van der Waals surface area (Å²) >= 11 is 2.42. The van der Waals surface area contributed by atoms with Gasteiger partial charge in [-0.25, -0.2) is 9.78 Å². The van der Waals surface area contributed by atoms with E-state index < -0.39 is 64.2 Å². The Kier molecular flexibility index (Phi) is 6.54. The van der Waals surface area contributed by atoms with Crippen molar-refractivity contribution in [3.63, 3.8) is 0 Å². The van der Waals surface area contributed by atoms with Crippen LogP contribution in [0.25, 0.3) is 0 Å². The minimum atomic E-state index is -3.24. The summed E-state index contributed by atoms with van der Waals surface area (Å²) in [6.45, 7) is 0.653. The van der Waals surface area contributed by atoms with Crippen LogP contribution in [0.2, 0.25) is 0 Å². The number of aromatic amines is 1. The Hall–Kier alpha value is -1.93. The van der Waals surface area contributed by atoms with E-state index in [-0.39, 0.29) is 11.6 Å². The molecule has 1 amide bonds. The largest absolute Gasteiger partial charge is 0.481 e. The van der Waals surface area contributed by atoms with Crippen molar-refractivity contribution in [3.05, 3.63) is 5.82 Å². The number of thioether (sulfide) groups is 2. The Bertz CT molecular complexity index is 881. The van der Waals surface area contributed by atoms with Gasteiger partial charge in [0.15, 0.2) is 5.82 Å². The Balaban J connectivity index is 1.83. The molecule has 0 aromatic carbocycles. The molecule has 2 aliphatic rings. The topological polar surface area (TPSA) is 171 Å². The number of carbonyl (C=O) groups excluding carboxylic acids is 1. The van der Waals surface area contributed by atoms with Crippen LogP contribution in [0.4, 0.5) is 8.78 Å². The lowest BCUT2D eigenvalue weighted by Crippen LogP contribution is -2.59. The third-order valence-electron chi connectivity index (χ3n) is 5.72. The summed E-state index contributed by atoms with van der Waals surface area (Å²) in [5.41, 5.74) is 4.05.